The molecule has 26 heavy (non-hydrogen) atoms. The van der Waals surface area contributed by atoms with E-state index in [0.29, 0.717) is 29.7 Å². The lowest BCUT2D eigenvalue weighted by Crippen LogP contribution is -2.44. The molecule has 0 aliphatic carbocycles. The van der Waals surface area contributed by atoms with Gasteiger partial charge in [0.2, 0.25) is 5.91 Å². The van der Waals surface area contributed by atoms with Crippen LogP contribution in [-0.4, -0.2) is 31.7 Å². The van der Waals surface area contributed by atoms with Crippen molar-refractivity contribution in [2.75, 3.05) is 19.8 Å². The third-order valence-electron chi connectivity index (χ3n) is 4.14. The van der Waals surface area contributed by atoms with E-state index in [4.69, 9.17) is 27.9 Å². The van der Waals surface area contributed by atoms with Crippen LogP contribution in [0.15, 0.2) is 48.5 Å². The summed E-state index contributed by atoms with van der Waals surface area (Å²) in [6.07, 6.45) is 0.373. The number of hydrogen-bond acceptors (Lipinski definition) is 3. The van der Waals surface area contributed by atoms with Crippen LogP contribution in [0.1, 0.15) is 23.6 Å². The van der Waals surface area contributed by atoms with E-state index in [1.807, 2.05) is 48.5 Å². The Morgan fingerprint density at radius 2 is 1.62 bits per heavy atom. The summed E-state index contributed by atoms with van der Waals surface area (Å²) in [5.41, 5.74) is 1.93. The van der Waals surface area contributed by atoms with Gasteiger partial charge in [0.25, 0.3) is 0 Å². The fourth-order valence-corrected chi connectivity index (χ4v) is 3.12. The Kier molecular flexibility index (Phi) is 8.19. The fourth-order valence-electron chi connectivity index (χ4n) is 2.86. The van der Waals surface area contributed by atoms with Gasteiger partial charge in [0, 0.05) is 29.1 Å². The molecule has 0 spiro atoms. The first-order chi connectivity index (χ1) is 12.1. The van der Waals surface area contributed by atoms with Crippen molar-refractivity contribution in [3.05, 3.63) is 69.7 Å². The average Bonchev–Trinajstić information content (AvgIpc) is 2.62. The number of benzene rings is 2. The Hall–Kier alpha value is -1.30. The Morgan fingerprint density at radius 1 is 1.08 bits per heavy atom. The summed E-state index contributed by atoms with van der Waals surface area (Å²) < 4.78 is 5.41. The van der Waals surface area contributed by atoms with E-state index in [9.17, 15) is 4.79 Å². The quantitative estimate of drug-likeness (QED) is 0.776. The monoisotopic (exact) mass is 414 g/mol. The Balaban J connectivity index is 0.00000243. The molecule has 4 nitrogen and oxygen atoms in total. The molecule has 2 N–H and O–H groups in total. The third-order valence-corrected chi connectivity index (χ3v) is 4.65. The number of halogens is 3. The lowest BCUT2D eigenvalue weighted by atomic mass is 9.98. The van der Waals surface area contributed by atoms with Gasteiger partial charge in [0.05, 0.1) is 19.3 Å². The average molecular weight is 416 g/mol. The SMILES string of the molecule is Cl.O=C(CC1COCCN1)NC(c1ccc(Cl)cc1)c1ccc(Cl)cc1. The molecule has 2 aromatic carbocycles. The van der Waals surface area contributed by atoms with E-state index < -0.39 is 0 Å². The zero-order valence-corrected chi connectivity index (χ0v) is 16.4. The van der Waals surface area contributed by atoms with E-state index in [2.05, 4.69) is 10.6 Å². The topological polar surface area (TPSA) is 50.4 Å². The summed E-state index contributed by atoms with van der Waals surface area (Å²) in [5.74, 6) is -0.0297. The molecular formula is C19H21Cl3N2O2. The van der Waals surface area contributed by atoms with Crippen LogP contribution >= 0.6 is 35.6 Å². The molecule has 1 aliphatic heterocycles. The van der Waals surface area contributed by atoms with Gasteiger partial charge in [0.1, 0.15) is 0 Å². The highest BCUT2D eigenvalue weighted by molar-refractivity contribution is 6.30. The van der Waals surface area contributed by atoms with Crippen molar-refractivity contribution in [1.29, 1.82) is 0 Å². The predicted octanol–water partition coefficient (Wildman–Crippen LogP) is 4.00. The minimum Gasteiger partial charge on any atom is -0.378 e. The summed E-state index contributed by atoms with van der Waals surface area (Å²) in [4.78, 5) is 12.5. The first-order valence-corrected chi connectivity index (χ1v) is 8.99. The molecular weight excluding hydrogens is 395 g/mol. The lowest BCUT2D eigenvalue weighted by Gasteiger charge is -2.25. The highest BCUT2D eigenvalue weighted by atomic mass is 35.5. The number of rotatable bonds is 5. The normalized spacial score (nSPS) is 16.8. The molecule has 2 aromatic rings. The van der Waals surface area contributed by atoms with Gasteiger partial charge in [-0.25, -0.2) is 0 Å². The predicted molar refractivity (Wildman–Crippen MR) is 107 cm³/mol. The van der Waals surface area contributed by atoms with Gasteiger partial charge in [-0.15, -0.1) is 12.4 Å². The second-order valence-corrected chi connectivity index (χ2v) is 6.91. The van der Waals surface area contributed by atoms with Gasteiger partial charge in [-0.3, -0.25) is 4.79 Å². The van der Waals surface area contributed by atoms with Crippen molar-refractivity contribution in [1.82, 2.24) is 10.6 Å². The molecule has 1 atom stereocenters. The minimum absolute atomic E-state index is 0. The van der Waals surface area contributed by atoms with E-state index in [-0.39, 0.29) is 30.4 Å². The van der Waals surface area contributed by atoms with Gasteiger partial charge in [-0.2, -0.15) is 0 Å². The molecule has 0 bridgehead atoms. The van der Waals surface area contributed by atoms with E-state index in [1.54, 1.807) is 0 Å². The van der Waals surface area contributed by atoms with Crippen LogP contribution in [0.3, 0.4) is 0 Å². The molecule has 1 heterocycles. The fraction of sp³-hybridized carbons (Fsp3) is 0.316. The second-order valence-electron chi connectivity index (χ2n) is 6.03. The van der Waals surface area contributed by atoms with Gasteiger partial charge in [-0.05, 0) is 35.4 Å². The molecule has 140 valence electrons. The number of amides is 1. The molecule has 1 aliphatic rings. The maximum atomic E-state index is 12.5. The summed E-state index contributed by atoms with van der Waals surface area (Å²) in [6, 6.07) is 14.8. The van der Waals surface area contributed by atoms with Crippen LogP contribution in [0.4, 0.5) is 0 Å². The summed E-state index contributed by atoms with van der Waals surface area (Å²) >= 11 is 12.0. The van der Waals surface area contributed by atoms with Crippen LogP contribution in [-0.2, 0) is 9.53 Å². The van der Waals surface area contributed by atoms with Gasteiger partial charge < -0.3 is 15.4 Å². The van der Waals surface area contributed by atoms with Gasteiger partial charge in [-0.1, -0.05) is 47.5 Å². The Labute approximate surface area is 169 Å². The van der Waals surface area contributed by atoms with Gasteiger partial charge in [0.15, 0.2) is 0 Å². The number of carbonyl (C=O) groups is 1. The Morgan fingerprint density at radius 3 is 2.08 bits per heavy atom. The highest BCUT2D eigenvalue weighted by Gasteiger charge is 2.21. The minimum atomic E-state index is -0.258. The van der Waals surface area contributed by atoms with Crippen LogP contribution in [0.2, 0.25) is 10.0 Å². The zero-order chi connectivity index (χ0) is 17.6. The van der Waals surface area contributed by atoms with Crippen molar-refractivity contribution in [2.24, 2.45) is 0 Å². The summed E-state index contributed by atoms with van der Waals surface area (Å²) in [5, 5.41) is 7.73. The first kappa shape index (κ1) is 21.0. The zero-order valence-electron chi connectivity index (χ0n) is 14.1. The van der Waals surface area contributed by atoms with Crippen LogP contribution in [0.5, 0.6) is 0 Å². The number of hydrogen-bond donors (Lipinski definition) is 2. The summed E-state index contributed by atoms with van der Waals surface area (Å²) in [6.45, 7) is 2.02. The molecule has 7 heteroatoms. The van der Waals surface area contributed by atoms with E-state index in [0.717, 1.165) is 17.7 Å². The molecule has 1 unspecified atom stereocenters. The second kappa shape index (κ2) is 10.1. The highest BCUT2D eigenvalue weighted by Crippen LogP contribution is 2.25. The maximum Gasteiger partial charge on any atom is 0.222 e. The molecule has 0 radical (unpaired) electrons. The van der Waals surface area contributed by atoms with E-state index >= 15 is 0 Å². The van der Waals surface area contributed by atoms with E-state index in [1.165, 1.54) is 0 Å². The number of nitrogens with one attached hydrogen (secondary N) is 2. The standard InChI is InChI=1S/C19H20Cl2N2O2.ClH/c20-15-5-1-13(2-6-15)19(14-3-7-16(21)8-4-14)23-18(24)11-17-12-25-10-9-22-17;/h1-8,17,19,22H,9-12H2,(H,23,24);1H. The van der Waals surface area contributed by atoms with Crippen LogP contribution in [0, 0.1) is 0 Å². The molecule has 0 aromatic heterocycles. The van der Waals surface area contributed by atoms with Crippen molar-refractivity contribution < 1.29 is 9.53 Å². The lowest BCUT2D eigenvalue weighted by molar-refractivity contribution is -0.122. The maximum absolute atomic E-state index is 12.5. The van der Waals surface area contributed by atoms with Crippen molar-refractivity contribution in [2.45, 2.75) is 18.5 Å². The molecule has 0 saturated carbocycles. The van der Waals surface area contributed by atoms with Crippen molar-refractivity contribution >= 4 is 41.5 Å². The van der Waals surface area contributed by atoms with Crippen LogP contribution < -0.4 is 10.6 Å². The molecule has 1 fully saturated rings. The Bertz CT molecular complexity index is 656. The van der Waals surface area contributed by atoms with Gasteiger partial charge >= 0.3 is 0 Å². The number of morpholine rings is 1. The third kappa shape index (κ3) is 5.86. The smallest absolute Gasteiger partial charge is 0.222 e. The molecule has 3 rings (SSSR count). The first-order valence-electron chi connectivity index (χ1n) is 8.23. The number of ether oxygens (including phenoxy) is 1. The molecule has 1 saturated heterocycles. The number of carbonyl (C=O) groups excluding carboxylic acids is 1. The van der Waals surface area contributed by atoms with Crippen molar-refractivity contribution in [3.8, 4) is 0 Å². The van der Waals surface area contributed by atoms with Crippen molar-refractivity contribution in [3.63, 3.8) is 0 Å². The van der Waals surface area contributed by atoms with Crippen LogP contribution in [0.25, 0.3) is 0 Å². The largest absolute Gasteiger partial charge is 0.378 e. The molecule has 1 amide bonds. The summed E-state index contributed by atoms with van der Waals surface area (Å²) in [7, 11) is 0.